The first-order chi connectivity index (χ1) is 14.2. The fraction of sp³-hybridized carbons (Fsp3) is 0.333. The Kier molecular flexibility index (Phi) is 4.93. The largest absolute Gasteiger partial charge is 0.465 e. The molecule has 0 spiro atoms. The molecule has 1 saturated carbocycles. The molecule has 0 radical (unpaired) electrons. The molecule has 2 N–H and O–H groups in total. The lowest BCUT2D eigenvalue weighted by Crippen LogP contribution is -2.44. The first kappa shape index (κ1) is 20.2. The number of fused-ring (bicyclic) bond motifs is 1. The number of aryl methyl sites for hydroxylation is 1. The van der Waals surface area contributed by atoms with E-state index >= 15 is 0 Å². The minimum Gasteiger partial charge on any atom is -0.465 e. The second kappa shape index (κ2) is 7.32. The number of carbonyl (C=O) groups is 1. The van der Waals surface area contributed by atoms with Gasteiger partial charge in [-0.2, -0.15) is 13.2 Å². The van der Waals surface area contributed by atoms with E-state index in [0.29, 0.717) is 10.3 Å². The molecule has 2 aromatic heterocycles. The number of aliphatic hydroxyl groups excluding tert-OH is 1. The monoisotopic (exact) mass is 419 g/mol. The fourth-order valence-corrected chi connectivity index (χ4v) is 3.51. The molecule has 9 heteroatoms. The van der Waals surface area contributed by atoms with Crippen LogP contribution in [0.3, 0.4) is 0 Å². The van der Waals surface area contributed by atoms with Crippen LogP contribution in [0.4, 0.5) is 24.7 Å². The lowest BCUT2D eigenvalue weighted by atomic mass is 10.1. The van der Waals surface area contributed by atoms with Crippen LogP contribution in [-0.2, 0) is 4.74 Å². The van der Waals surface area contributed by atoms with Crippen LogP contribution in [-0.4, -0.2) is 40.6 Å². The quantitative estimate of drug-likeness (QED) is 0.469. The molecule has 0 aliphatic heterocycles. The third kappa shape index (κ3) is 3.72. The number of aromatic amines is 1. The van der Waals surface area contributed by atoms with Gasteiger partial charge in [-0.05, 0) is 61.6 Å². The summed E-state index contributed by atoms with van der Waals surface area (Å²) in [6, 6.07) is 7.84. The van der Waals surface area contributed by atoms with Gasteiger partial charge in [0, 0.05) is 28.5 Å². The molecule has 1 aliphatic rings. The zero-order valence-corrected chi connectivity index (χ0v) is 16.3. The number of nitrogens with zero attached hydrogens (tertiary/aromatic N) is 2. The van der Waals surface area contributed by atoms with Crippen LogP contribution in [0.1, 0.15) is 40.4 Å². The maximum absolute atomic E-state index is 13.6. The van der Waals surface area contributed by atoms with Crippen LogP contribution in [0.25, 0.3) is 10.9 Å². The van der Waals surface area contributed by atoms with E-state index in [1.165, 1.54) is 24.4 Å². The highest BCUT2D eigenvalue weighted by Gasteiger charge is 2.45. The molecule has 1 atom stereocenters. The number of hydrogen-bond acceptors (Lipinski definition) is 5. The van der Waals surface area contributed by atoms with Crippen LogP contribution in [0, 0.1) is 6.92 Å². The summed E-state index contributed by atoms with van der Waals surface area (Å²) in [5, 5.41) is 10.9. The smallest absolute Gasteiger partial charge is 0.433 e. The van der Waals surface area contributed by atoms with Gasteiger partial charge >= 0.3 is 12.1 Å². The molecule has 0 saturated heterocycles. The van der Waals surface area contributed by atoms with Crippen molar-refractivity contribution in [3.63, 3.8) is 0 Å². The fourth-order valence-electron chi connectivity index (χ4n) is 3.51. The van der Waals surface area contributed by atoms with Crippen LogP contribution in [0.15, 0.2) is 36.5 Å². The molecule has 4 rings (SSSR count). The van der Waals surface area contributed by atoms with Crippen molar-refractivity contribution in [2.75, 3.05) is 12.0 Å². The Labute approximate surface area is 170 Å². The second-order valence-electron chi connectivity index (χ2n) is 7.41. The van der Waals surface area contributed by atoms with Gasteiger partial charge < -0.3 is 14.8 Å². The lowest BCUT2D eigenvalue weighted by molar-refractivity contribution is -0.200. The molecule has 6 nitrogen and oxygen atoms in total. The Morgan fingerprint density at radius 2 is 2.03 bits per heavy atom. The number of esters is 1. The number of methoxy groups -OCH3 is 1. The molecule has 0 bridgehead atoms. The maximum Gasteiger partial charge on any atom is 0.433 e. The van der Waals surface area contributed by atoms with E-state index < -0.39 is 18.4 Å². The number of benzene rings is 1. The van der Waals surface area contributed by atoms with E-state index in [2.05, 4.69) is 9.97 Å². The van der Waals surface area contributed by atoms with Gasteiger partial charge in [0.2, 0.25) is 6.23 Å². The number of rotatable bonds is 5. The van der Waals surface area contributed by atoms with Crippen molar-refractivity contribution in [3.05, 3.63) is 53.3 Å². The number of hydrogen-bond donors (Lipinski definition) is 2. The van der Waals surface area contributed by atoms with Crippen molar-refractivity contribution in [2.45, 2.75) is 38.1 Å². The number of anilines is 2. The van der Waals surface area contributed by atoms with Gasteiger partial charge in [-0.1, -0.05) is 0 Å². The summed E-state index contributed by atoms with van der Waals surface area (Å²) in [6.07, 6.45) is -4.57. The van der Waals surface area contributed by atoms with E-state index in [-0.39, 0.29) is 23.0 Å². The molecule has 158 valence electrons. The highest BCUT2D eigenvalue weighted by Crippen LogP contribution is 2.42. The van der Waals surface area contributed by atoms with Gasteiger partial charge in [0.25, 0.3) is 0 Å². The van der Waals surface area contributed by atoms with Gasteiger partial charge in [0.15, 0.2) is 0 Å². The highest BCUT2D eigenvalue weighted by atomic mass is 19.4. The van der Waals surface area contributed by atoms with Crippen molar-refractivity contribution in [3.8, 4) is 0 Å². The molecule has 1 fully saturated rings. The first-order valence-corrected chi connectivity index (χ1v) is 9.40. The summed E-state index contributed by atoms with van der Waals surface area (Å²) in [5.74, 6) is -0.907. The SMILES string of the molecule is COC(=O)c1cc(C2CC2)cnc1N(c1ccc2[nH]c(C)cc2c1)C(O)C(F)(F)F. The van der Waals surface area contributed by atoms with Crippen LogP contribution in [0.5, 0.6) is 0 Å². The number of halogens is 3. The molecule has 1 aliphatic carbocycles. The van der Waals surface area contributed by atoms with Crippen LogP contribution < -0.4 is 4.90 Å². The summed E-state index contributed by atoms with van der Waals surface area (Å²) >= 11 is 0. The Bertz CT molecular complexity index is 1110. The Morgan fingerprint density at radius 1 is 1.30 bits per heavy atom. The number of nitrogens with one attached hydrogen (secondary N) is 1. The van der Waals surface area contributed by atoms with Gasteiger partial charge in [-0.3, -0.25) is 4.90 Å². The number of H-pyrrole nitrogens is 1. The van der Waals surface area contributed by atoms with Gasteiger partial charge in [-0.15, -0.1) is 0 Å². The molecule has 1 unspecified atom stereocenters. The number of aromatic nitrogens is 2. The average Bonchev–Trinajstić information content (AvgIpc) is 3.48. The van der Waals surface area contributed by atoms with Gasteiger partial charge in [0.05, 0.1) is 7.11 Å². The van der Waals surface area contributed by atoms with E-state index in [1.807, 2.05) is 6.92 Å². The minimum atomic E-state index is -4.98. The first-order valence-electron chi connectivity index (χ1n) is 9.40. The van der Waals surface area contributed by atoms with Crippen LogP contribution >= 0.6 is 0 Å². The second-order valence-corrected chi connectivity index (χ2v) is 7.41. The Morgan fingerprint density at radius 3 is 2.67 bits per heavy atom. The number of carbonyl (C=O) groups excluding carboxylic acids is 1. The molecule has 2 heterocycles. The minimum absolute atomic E-state index is 0.0446. The zero-order chi connectivity index (χ0) is 21.6. The standard InChI is InChI=1S/C21H20F3N3O3/c1-11-7-13-8-15(5-6-17(13)26-11)27(20(29)21(22,23)24)18-16(19(28)30-2)9-14(10-25-18)12-3-4-12/h5-10,12,20,26,29H,3-4H2,1-2H3. The normalized spacial score (nSPS) is 15.3. The maximum atomic E-state index is 13.6. The highest BCUT2D eigenvalue weighted by molar-refractivity contribution is 5.96. The third-order valence-corrected chi connectivity index (χ3v) is 5.12. The van der Waals surface area contributed by atoms with E-state index in [4.69, 9.17) is 4.74 Å². The van der Waals surface area contributed by atoms with Gasteiger partial charge in [0.1, 0.15) is 11.4 Å². The molecular weight excluding hydrogens is 399 g/mol. The summed E-state index contributed by atoms with van der Waals surface area (Å²) in [4.78, 5) is 20.3. The summed E-state index contributed by atoms with van der Waals surface area (Å²) in [7, 11) is 1.15. The van der Waals surface area contributed by atoms with Crippen molar-refractivity contribution in [1.82, 2.24) is 9.97 Å². The van der Waals surface area contributed by atoms with E-state index in [1.54, 1.807) is 12.1 Å². The van der Waals surface area contributed by atoms with E-state index in [0.717, 1.165) is 36.7 Å². The van der Waals surface area contributed by atoms with Crippen LogP contribution in [0.2, 0.25) is 0 Å². The molecule has 0 amide bonds. The van der Waals surface area contributed by atoms with Crippen molar-refractivity contribution in [1.29, 1.82) is 0 Å². The number of ether oxygens (including phenoxy) is 1. The third-order valence-electron chi connectivity index (χ3n) is 5.12. The Hall–Kier alpha value is -3.07. The van der Waals surface area contributed by atoms with Crippen molar-refractivity contribution >= 4 is 28.4 Å². The molecule has 3 aromatic rings. The average molecular weight is 419 g/mol. The number of pyridine rings is 1. The molecular formula is C21H20F3N3O3. The number of aliphatic hydroxyl groups is 1. The summed E-state index contributed by atoms with van der Waals surface area (Å²) < 4.78 is 45.5. The van der Waals surface area contributed by atoms with E-state index in [9.17, 15) is 23.1 Å². The predicted octanol–water partition coefficient (Wildman–Crippen LogP) is 4.55. The topological polar surface area (TPSA) is 78.5 Å². The zero-order valence-electron chi connectivity index (χ0n) is 16.3. The lowest BCUT2D eigenvalue weighted by Gasteiger charge is -2.31. The molecule has 1 aromatic carbocycles. The summed E-state index contributed by atoms with van der Waals surface area (Å²) in [6.45, 7) is 1.83. The van der Waals surface area contributed by atoms with Gasteiger partial charge in [-0.25, -0.2) is 9.78 Å². The predicted molar refractivity (Wildman–Crippen MR) is 105 cm³/mol. The van der Waals surface area contributed by atoms with Crippen molar-refractivity contribution in [2.24, 2.45) is 0 Å². The molecule has 30 heavy (non-hydrogen) atoms. The Balaban J connectivity index is 1.90. The summed E-state index contributed by atoms with van der Waals surface area (Å²) in [5.41, 5.74) is 2.26. The number of alkyl halides is 3. The van der Waals surface area contributed by atoms with Crippen molar-refractivity contribution < 1.29 is 27.8 Å².